The van der Waals surface area contributed by atoms with E-state index in [9.17, 15) is 5.11 Å². The lowest BCUT2D eigenvalue weighted by atomic mass is 10.1. The van der Waals surface area contributed by atoms with E-state index < -0.39 is 0 Å². The Kier molecular flexibility index (Phi) is 6.40. The molecule has 0 spiro atoms. The van der Waals surface area contributed by atoms with Gasteiger partial charge in [-0.05, 0) is 28.4 Å². The van der Waals surface area contributed by atoms with E-state index >= 15 is 0 Å². The molecule has 0 saturated heterocycles. The maximum atomic E-state index is 9.56. The van der Waals surface area contributed by atoms with Crippen LogP contribution in [0.1, 0.15) is 19.8 Å². The third kappa shape index (κ3) is 4.50. The van der Waals surface area contributed by atoms with Crippen molar-refractivity contribution in [3.05, 3.63) is 41.2 Å². The second kappa shape index (κ2) is 8.95. The van der Waals surface area contributed by atoms with Gasteiger partial charge in [-0.2, -0.15) is 9.61 Å². The average Bonchev–Trinajstić information content (AvgIpc) is 2.86. The molecule has 2 aromatic heterocycles. The Morgan fingerprint density at radius 3 is 3.08 bits per heavy atom. The molecule has 0 fully saturated rings. The highest BCUT2D eigenvalue weighted by atomic mass is 79.9. The first-order valence-electron chi connectivity index (χ1n) is 8.73. The number of hydrogen-bond donors (Lipinski definition) is 3. The molecule has 1 aliphatic rings. The highest BCUT2D eigenvalue weighted by molar-refractivity contribution is 9.10. The fraction of sp³-hybridized carbons (Fsp3) is 0.389. The molecule has 2 atom stereocenters. The van der Waals surface area contributed by atoms with Gasteiger partial charge < -0.3 is 15.7 Å². The van der Waals surface area contributed by atoms with Crippen LogP contribution >= 0.6 is 15.9 Å². The molecule has 0 amide bonds. The van der Waals surface area contributed by atoms with Gasteiger partial charge in [-0.3, -0.25) is 4.99 Å². The average molecular weight is 419 g/mol. The first kappa shape index (κ1) is 18.6. The molecule has 7 nitrogen and oxygen atoms in total. The molecule has 0 aromatic carbocycles. The monoisotopic (exact) mass is 418 g/mol. The molecule has 0 radical (unpaired) electrons. The van der Waals surface area contributed by atoms with E-state index in [1.165, 1.54) is 0 Å². The van der Waals surface area contributed by atoms with E-state index in [2.05, 4.69) is 54.6 Å². The Labute approximate surface area is 161 Å². The van der Waals surface area contributed by atoms with Crippen LogP contribution in [-0.4, -0.2) is 45.1 Å². The van der Waals surface area contributed by atoms with Gasteiger partial charge in [0.2, 0.25) is 0 Å². The number of nitrogens with one attached hydrogen (secondary N) is 2. The summed E-state index contributed by atoms with van der Waals surface area (Å²) in [4.78, 5) is 8.85. The number of nitrogens with zero attached hydrogens (tertiary/aromatic N) is 4. The van der Waals surface area contributed by atoms with Gasteiger partial charge in [0.05, 0.1) is 23.3 Å². The summed E-state index contributed by atoms with van der Waals surface area (Å²) in [5.74, 6) is 1.73. The Morgan fingerprint density at radius 1 is 1.38 bits per heavy atom. The van der Waals surface area contributed by atoms with Crippen LogP contribution in [0.2, 0.25) is 0 Å². The standard InChI is InChI=1S/C18H23BrN6O/c1-2-5-14(12-26)23-16-8-17(25-18(24-16)15(19)11-22-25)21-10-13-6-3-4-7-20-9-13/h3-4,6-9,11,13-14,21,26H,2,5,10,12H2,1H3,(H,23,24). The summed E-state index contributed by atoms with van der Waals surface area (Å²) < 4.78 is 2.58. The quantitative estimate of drug-likeness (QED) is 0.612. The van der Waals surface area contributed by atoms with Crippen molar-refractivity contribution >= 4 is 39.4 Å². The van der Waals surface area contributed by atoms with Gasteiger partial charge in [0.1, 0.15) is 11.6 Å². The minimum Gasteiger partial charge on any atom is -0.394 e. The summed E-state index contributed by atoms with van der Waals surface area (Å²) in [5.41, 5.74) is 0.720. The van der Waals surface area contributed by atoms with Crippen molar-refractivity contribution in [2.75, 3.05) is 23.8 Å². The molecule has 2 unspecified atom stereocenters. The van der Waals surface area contributed by atoms with Crippen molar-refractivity contribution in [3.8, 4) is 0 Å². The molecule has 8 heteroatoms. The van der Waals surface area contributed by atoms with Crippen molar-refractivity contribution in [3.63, 3.8) is 0 Å². The van der Waals surface area contributed by atoms with E-state index in [1.807, 2.05) is 24.4 Å². The molecule has 0 bridgehead atoms. The van der Waals surface area contributed by atoms with Crippen LogP contribution in [-0.2, 0) is 0 Å². The molecule has 2 aromatic rings. The molecular weight excluding hydrogens is 396 g/mol. The number of anilines is 2. The first-order valence-corrected chi connectivity index (χ1v) is 9.52. The fourth-order valence-electron chi connectivity index (χ4n) is 2.76. The Hall–Kier alpha value is -2.19. The van der Waals surface area contributed by atoms with Crippen LogP contribution in [0.4, 0.5) is 11.6 Å². The third-order valence-corrected chi connectivity index (χ3v) is 4.64. The number of rotatable bonds is 8. The molecule has 3 N–H and O–H groups in total. The lowest BCUT2D eigenvalue weighted by Crippen LogP contribution is -2.24. The Balaban J connectivity index is 1.83. The second-order valence-corrected chi connectivity index (χ2v) is 6.99. The predicted octanol–water partition coefficient (Wildman–Crippen LogP) is 3.25. The van der Waals surface area contributed by atoms with Crippen LogP contribution in [0.15, 0.2) is 46.2 Å². The van der Waals surface area contributed by atoms with Crippen LogP contribution in [0.5, 0.6) is 0 Å². The minimum absolute atomic E-state index is 0.0208. The van der Waals surface area contributed by atoms with Gasteiger partial charge in [-0.1, -0.05) is 25.5 Å². The van der Waals surface area contributed by atoms with Gasteiger partial charge in [-0.15, -0.1) is 0 Å². The topological polar surface area (TPSA) is 86.8 Å². The van der Waals surface area contributed by atoms with Gasteiger partial charge in [0.15, 0.2) is 5.65 Å². The second-order valence-electron chi connectivity index (χ2n) is 6.14. The van der Waals surface area contributed by atoms with Crippen LogP contribution < -0.4 is 10.6 Å². The predicted molar refractivity (Wildman–Crippen MR) is 109 cm³/mol. The Bertz CT molecular complexity index is 812. The van der Waals surface area contributed by atoms with Crippen molar-refractivity contribution in [1.82, 2.24) is 14.6 Å². The molecule has 0 aliphatic carbocycles. The van der Waals surface area contributed by atoms with E-state index in [1.54, 1.807) is 16.9 Å². The van der Waals surface area contributed by atoms with Gasteiger partial charge in [0.25, 0.3) is 0 Å². The normalized spacial score (nSPS) is 17.4. The fourth-order valence-corrected chi connectivity index (χ4v) is 3.11. The van der Waals surface area contributed by atoms with Crippen molar-refractivity contribution in [1.29, 1.82) is 0 Å². The zero-order valence-electron chi connectivity index (χ0n) is 14.6. The number of aromatic nitrogens is 3. The summed E-state index contributed by atoms with van der Waals surface area (Å²) in [6.07, 6.45) is 13.3. The highest BCUT2D eigenvalue weighted by Crippen LogP contribution is 2.23. The van der Waals surface area contributed by atoms with Gasteiger partial charge in [-0.25, -0.2) is 4.98 Å². The number of aliphatic hydroxyl groups excluding tert-OH is 1. The van der Waals surface area contributed by atoms with Crippen molar-refractivity contribution < 1.29 is 5.11 Å². The number of aliphatic imine (C=N–C) groups is 1. The molecule has 3 rings (SSSR count). The van der Waals surface area contributed by atoms with E-state index in [4.69, 9.17) is 0 Å². The van der Waals surface area contributed by atoms with Crippen LogP contribution in [0.3, 0.4) is 0 Å². The first-order chi connectivity index (χ1) is 12.7. The maximum Gasteiger partial charge on any atom is 0.173 e. The lowest BCUT2D eigenvalue weighted by Gasteiger charge is -2.18. The smallest absolute Gasteiger partial charge is 0.173 e. The van der Waals surface area contributed by atoms with Crippen molar-refractivity contribution in [2.24, 2.45) is 10.9 Å². The molecule has 0 saturated carbocycles. The zero-order valence-corrected chi connectivity index (χ0v) is 16.2. The number of allylic oxidation sites excluding steroid dienone is 2. The summed E-state index contributed by atoms with van der Waals surface area (Å²) in [7, 11) is 0. The lowest BCUT2D eigenvalue weighted by molar-refractivity contribution is 0.268. The Morgan fingerprint density at radius 2 is 2.27 bits per heavy atom. The molecular formula is C18H23BrN6O. The van der Waals surface area contributed by atoms with E-state index in [-0.39, 0.29) is 18.6 Å². The maximum absolute atomic E-state index is 9.56. The largest absolute Gasteiger partial charge is 0.394 e. The molecule has 26 heavy (non-hydrogen) atoms. The number of hydrogen-bond acceptors (Lipinski definition) is 6. The minimum atomic E-state index is -0.0208. The number of halogens is 1. The van der Waals surface area contributed by atoms with Gasteiger partial charge in [0, 0.05) is 30.9 Å². The van der Waals surface area contributed by atoms with Crippen LogP contribution in [0, 0.1) is 5.92 Å². The summed E-state index contributed by atoms with van der Waals surface area (Å²) in [6, 6.07) is 1.90. The van der Waals surface area contributed by atoms with E-state index in [0.717, 1.165) is 28.8 Å². The molecule has 3 heterocycles. The summed E-state index contributed by atoms with van der Waals surface area (Å²) >= 11 is 3.50. The number of aliphatic hydroxyl groups is 1. The van der Waals surface area contributed by atoms with Gasteiger partial charge >= 0.3 is 0 Å². The van der Waals surface area contributed by atoms with Crippen molar-refractivity contribution in [2.45, 2.75) is 25.8 Å². The zero-order chi connectivity index (χ0) is 18.4. The molecule has 1 aliphatic heterocycles. The summed E-state index contributed by atoms with van der Waals surface area (Å²) in [6.45, 7) is 2.86. The SMILES string of the molecule is CCCC(CO)Nc1cc(NCC2C=CC=CN=C2)n2ncc(Br)c2n1. The third-order valence-electron chi connectivity index (χ3n) is 4.08. The molecule has 138 valence electrons. The van der Waals surface area contributed by atoms with Crippen LogP contribution in [0.25, 0.3) is 5.65 Å². The number of fused-ring (bicyclic) bond motifs is 1. The highest BCUT2D eigenvalue weighted by Gasteiger charge is 2.14. The van der Waals surface area contributed by atoms with E-state index in [0.29, 0.717) is 12.4 Å². The summed E-state index contributed by atoms with van der Waals surface area (Å²) in [5, 5.41) is 20.7.